The van der Waals surface area contributed by atoms with Crippen LogP contribution in [0.25, 0.3) is 0 Å². The van der Waals surface area contributed by atoms with Crippen LogP contribution in [-0.4, -0.2) is 16.7 Å². The Morgan fingerprint density at radius 2 is 1.54 bits per heavy atom. The quantitative estimate of drug-likeness (QED) is 0.208. The summed E-state index contributed by atoms with van der Waals surface area (Å²) in [7, 11) is 0. The summed E-state index contributed by atoms with van der Waals surface area (Å²) in [6.45, 7) is 3.40. The van der Waals surface area contributed by atoms with E-state index in [9.17, 15) is 19.7 Å². The van der Waals surface area contributed by atoms with Gasteiger partial charge in [0.05, 0.1) is 10.5 Å². The molecule has 24 heavy (non-hydrogen) atoms. The van der Waals surface area contributed by atoms with Gasteiger partial charge in [0, 0.05) is 23.8 Å². The van der Waals surface area contributed by atoms with E-state index in [1.165, 1.54) is 37.3 Å². The molecule has 0 N–H and O–H groups in total. The van der Waals surface area contributed by atoms with Crippen LogP contribution in [0, 0.1) is 17.0 Å². The summed E-state index contributed by atoms with van der Waals surface area (Å²) < 4.78 is 5.12. The summed E-state index contributed by atoms with van der Waals surface area (Å²) in [5.41, 5.74) is 1.58. The molecule has 0 amide bonds. The van der Waals surface area contributed by atoms with Crippen molar-refractivity contribution >= 4 is 17.4 Å². The van der Waals surface area contributed by atoms with Crippen LogP contribution in [0.5, 0.6) is 0 Å². The van der Waals surface area contributed by atoms with Gasteiger partial charge in [-0.1, -0.05) is 17.7 Å². The highest BCUT2D eigenvalue weighted by molar-refractivity contribution is 6.05. The summed E-state index contributed by atoms with van der Waals surface area (Å²) in [5, 5.41) is 10.6. The molecule has 0 aliphatic heterocycles. The van der Waals surface area contributed by atoms with Gasteiger partial charge >= 0.3 is 5.97 Å². The Morgan fingerprint density at radius 3 is 2.08 bits per heavy atom. The normalized spacial score (nSPS) is 11.0. The second-order valence-electron chi connectivity index (χ2n) is 5.18. The van der Waals surface area contributed by atoms with Crippen LogP contribution >= 0.6 is 0 Å². The number of aryl methyl sites for hydroxylation is 1. The Kier molecular flexibility index (Phi) is 5.21. The van der Waals surface area contributed by atoms with Gasteiger partial charge in [-0.05, 0) is 38.1 Å². The lowest BCUT2D eigenvalue weighted by atomic mass is 10.1. The Labute approximate surface area is 138 Å². The zero-order chi connectivity index (χ0) is 17.7. The minimum atomic E-state index is -0.555. The summed E-state index contributed by atoms with van der Waals surface area (Å²) >= 11 is 0. The van der Waals surface area contributed by atoms with Crippen molar-refractivity contribution in [2.45, 2.75) is 13.8 Å². The number of benzene rings is 2. The average Bonchev–Trinajstić information content (AvgIpc) is 2.55. The largest absolute Gasteiger partial charge is 0.428 e. The van der Waals surface area contributed by atoms with E-state index in [4.69, 9.17) is 4.74 Å². The van der Waals surface area contributed by atoms with Crippen LogP contribution in [0.4, 0.5) is 5.69 Å². The smallest absolute Gasteiger partial charge is 0.343 e. The first-order valence-corrected chi connectivity index (χ1v) is 7.13. The SMILES string of the molecule is C/C(=C\C(=O)c1ccc([N+](=O)[O-])cc1)OC(=O)c1ccc(C)cc1. The molecule has 0 fully saturated rings. The summed E-state index contributed by atoms with van der Waals surface area (Å²) in [4.78, 5) is 34.1. The molecular weight excluding hydrogens is 310 g/mol. The lowest BCUT2D eigenvalue weighted by Gasteiger charge is -2.05. The molecule has 0 atom stereocenters. The van der Waals surface area contributed by atoms with Crippen LogP contribution in [0.15, 0.2) is 60.4 Å². The van der Waals surface area contributed by atoms with Gasteiger partial charge in [0.2, 0.25) is 0 Å². The van der Waals surface area contributed by atoms with E-state index in [0.29, 0.717) is 5.56 Å². The monoisotopic (exact) mass is 325 g/mol. The number of nitro groups is 1. The molecule has 2 aromatic rings. The number of ketones is 1. The van der Waals surface area contributed by atoms with Crippen LogP contribution in [0.1, 0.15) is 33.2 Å². The Hall–Kier alpha value is -3.28. The molecule has 0 bridgehead atoms. The van der Waals surface area contributed by atoms with Crippen LogP contribution in [0.2, 0.25) is 0 Å². The van der Waals surface area contributed by atoms with E-state index in [2.05, 4.69) is 0 Å². The van der Waals surface area contributed by atoms with Crippen molar-refractivity contribution in [3.8, 4) is 0 Å². The Bertz CT molecular complexity index is 804. The minimum Gasteiger partial charge on any atom is -0.428 e. The molecule has 0 aromatic heterocycles. The van der Waals surface area contributed by atoms with Gasteiger partial charge < -0.3 is 4.74 Å². The standard InChI is InChI=1S/C18H15NO5/c1-12-3-5-15(6-4-12)18(21)24-13(2)11-17(20)14-7-9-16(10-8-14)19(22)23/h3-11H,1-2H3/b13-11+. The van der Waals surface area contributed by atoms with Gasteiger partial charge in [0.25, 0.3) is 5.69 Å². The van der Waals surface area contributed by atoms with E-state index < -0.39 is 16.7 Å². The van der Waals surface area contributed by atoms with Crippen molar-refractivity contribution in [2.75, 3.05) is 0 Å². The number of esters is 1. The maximum atomic E-state index is 12.1. The number of hydrogen-bond acceptors (Lipinski definition) is 5. The van der Waals surface area contributed by atoms with Gasteiger partial charge in [-0.25, -0.2) is 4.79 Å². The Morgan fingerprint density at radius 1 is 1.00 bits per heavy atom. The molecule has 122 valence electrons. The molecule has 0 saturated heterocycles. The molecule has 6 heteroatoms. The highest BCUT2D eigenvalue weighted by atomic mass is 16.6. The van der Waals surface area contributed by atoms with Crippen molar-refractivity contribution in [3.05, 3.63) is 87.2 Å². The van der Waals surface area contributed by atoms with Crippen molar-refractivity contribution in [1.29, 1.82) is 0 Å². The molecule has 2 aromatic carbocycles. The molecular formula is C18H15NO5. The lowest BCUT2D eigenvalue weighted by Crippen LogP contribution is -2.05. The lowest BCUT2D eigenvalue weighted by molar-refractivity contribution is -0.384. The number of carbonyl (C=O) groups excluding carboxylic acids is 2. The van der Waals surface area contributed by atoms with E-state index >= 15 is 0 Å². The second kappa shape index (κ2) is 7.32. The molecule has 2 rings (SSSR count). The van der Waals surface area contributed by atoms with Crippen molar-refractivity contribution < 1.29 is 19.2 Å². The third kappa shape index (κ3) is 4.36. The summed E-state index contributed by atoms with van der Waals surface area (Å²) in [6.07, 6.45) is 1.17. The first-order chi connectivity index (χ1) is 11.4. The van der Waals surface area contributed by atoms with Gasteiger partial charge in [-0.15, -0.1) is 0 Å². The molecule has 0 radical (unpaired) electrons. The van der Waals surface area contributed by atoms with Crippen LogP contribution < -0.4 is 0 Å². The highest BCUT2D eigenvalue weighted by Gasteiger charge is 2.11. The molecule has 0 spiro atoms. The third-order valence-electron chi connectivity index (χ3n) is 3.24. The molecule has 0 heterocycles. The molecule has 6 nitrogen and oxygen atoms in total. The van der Waals surface area contributed by atoms with Gasteiger partial charge in [0.1, 0.15) is 5.76 Å². The van der Waals surface area contributed by atoms with Crippen molar-refractivity contribution in [2.24, 2.45) is 0 Å². The molecule has 0 saturated carbocycles. The third-order valence-corrected chi connectivity index (χ3v) is 3.24. The first-order valence-electron chi connectivity index (χ1n) is 7.13. The van der Waals surface area contributed by atoms with E-state index in [1.807, 2.05) is 6.92 Å². The Balaban J connectivity index is 2.06. The second-order valence-corrected chi connectivity index (χ2v) is 5.18. The number of non-ortho nitro benzene ring substituents is 1. The summed E-state index contributed by atoms with van der Waals surface area (Å²) in [6, 6.07) is 12.1. The fourth-order valence-electron chi connectivity index (χ4n) is 1.94. The zero-order valence-corrected chi connectivity index (χ0v) is 13.2. The highest BCUT2D eigenvalue weighted by Crippen LogP contribution is 2.14. The van der Waals surface area contributed by atoms with Crippen molar-refractivity contribution in [1.82, 2.24) is 0 Å². The fraction of sp³-hybridized carbons (Fsp3) is 0.111. The van der Waals surface area contributed by atoms with Gasteiger partial charge in [-0.2, -0.15) is 0 Å². The van der Waals surface area contributed by atoms with E-state index in [1.54, 1.807) is 24.3 Å². The molecule has 0 aliphatic rings. The number of hydrogen-bond donors (Lipinski definition) is 0. The average molecular weight is 325 g/mol. The maximum absolute atomic E-state index is 12.1. The van der Waals surface area contributed by atoms with Gasteiger partial charge in [-0.3, -0.25) is 14.9 Å². The van der Waals surface area contributed by atoms with E-state index in [0.717, 1.165) is 5.56 Å². The number of ether oxygens (including phenoxy) is 1. The predicted octanol–water partition coefficient (Wildman–Crippen LogP) is 3.85. The van der Waals surface area contributed by atoms with E-state index in [-0.39, 0.29) is 17.0 Å². The summed E-state index contributed by atoms with van der Waals surface area (Å²) in [5.74, 6) is -0.816. The fourth-order valence-corrected chi connectivity index (χ4v) is 1.94. The van der Waals surface area contributed by atoms with Crippen LogP contribution in [-0.2, 0) is 4.74 Å². The first kappa shape index (κ1) is 17.1. The van der Waals surface area contributed by atoms with Gasteiger partial charge in [0.15, 0.2) is 5.78 Å². The molecule has 0 aliphatic carbocycles. The minimum absolute atomic E-state index is 0.0990. The maximum Gasteiger partial charge on any atom is 0.343 e. The number of nitrogens with zero attached hydrogens (tertiary/aromatic N) is 1. The van der Waals surface area contributed by atoms with Crippen LogP contribution in [0.3, 0.4) is 0 Å². The number of allylic oxidation sites excluding steroid dienone is 2. The number of nitro benzene ring substituents is 1. The zero-order valence-electron chi connectivity index (χ0n) is 13.2. The molecule has 0 unspecified atom stereocenters. The number of rotatable bonds is 5. The van der Waals surface area contributed by atoms with Crippen molar-refractivity contribution in [3.63, 3.8) is 0 Å². The predicted molar refractivity (Wildman–Crippen MR) is 87.8 cm³/mol. The number of carbonyl (C=O) groups is 2. The topological polar surface area (TPSA) is 86.5 Å².